The van der Waals surface area contributed by atoms with Gasteiger partial charge in [0.2, 0.25) is 0 Å². The molecule has 1 fully saturated rings. The summed E-state index contributed by atoms with van der Waals surface area (Å²) in [6.07, 6.45) is -10.2. The summed E-state index contributed by atoms with van der Waals surface area (Å²) in [7, 11) is 1.31. The topological polar surface area (TPSA) is 110 Å². The third-order valence-electron chi connectivity index (χ3n) is 8.39. The number of pyridine rings is 1. The Hall–Kier alpha value is -4.51. The van der Waals surface area contributed by atoms with Crippen LogP contribution in [0.15, 0.2) is 35.1 Å². The van der Waals surface area contributed by atoms with Crippen LogP contribution < -0.4 is 15.8 Å². The number of amides is 1. The standard InChI is InChI=1S/C31H27F8N3O6/c1-14-7-20(30(34,35)36)25(28(44)41(14)2)17-4-3-15(18-11-48-12-19(17)18)8-23(29(45)46)40-27(43)26-21(32)9-16(10-22(26)33)42-5-6-47-13-24(42)31(37,38)39/h3-4,7,9-10,23-24H,5-6,8,11-13H2,1-2H3,(H,40,43)(H,45,46). The lowest BCUT2D eigenvalue weighted by Gasteiger charge is -2.38. The Morgan fingerprint density at radius 1 is 1.02 bits per heavy atom. The molecule has 0 bridgehead atoms. The molecule has 3 heterocycles. The minimum atomic E-state index is -4.89. The molecule has 258 valence electrons. The zero-order valence-corrected chi connectivity index (χ0v) is 25.2. The Morgan fingerprint density at radius 3 is 2.27 bits per heavy atom. The third kappa shape index (κ3) is 6.60. The van der Waals surface area contributed by atoms with Gasteiger partial charge in [0, 0.05) is 31.4 Å². The summed E-state index contributed by atoms with van der Waals surface area (Å²) in [5.41, 5.74) is -3.79. The first kappa shape index (κ1) is 34.8. The van der Waals surface area contributed by atoms with Gasteiger partial charge in [-0.05, 0) is 47.4 Å². The number of carboxylic acid groups (broad SMARTS) is 1. The average molecular weight is 690 g/mol. The zero-order valence-electron chi connectivity index (χ0n) is 25.2. The van der Waals surface area contributed by atoms with Crippen molar-refractivity contribution in [2.45, 2.75) is 51.0 Å². The monoisotopic (exact) mass is 689 g/mol. The number of morpholine rings is 1. The van der Waals surface area contributed by atoms with Gasteiger partial charge in [-0.25, -0.2) is 13.6 Å². The quantitative estimate of drug-likeness (QED) is 0.341. The van der Waals surface area contributed by atoms with E-state index < -0.39 is 88.9 Å². The molecule has 1 saturated heterocycles. The lowest BCUT2D eigenvalue weighted by molar-refractivity contribution is -0.167. The van der Waals surface area contributed by atoms with Crippen LogP contribution >= 0.6 is 0 Å². The number of alkyl halides is 6. The van der Waals surface area contributed by atoms with Gasteiger partial charge in [-0.1, -0.05) is 12.1 Å². The fraction of sp³-hybridized carbons (Fsp3) is 0.387. The number of carboxylic acids is 1. The number of hydrogen-bond donors (Lipinski definition) is 2. The first-order chi connectivity index (χ1) is 22.4. The van der Waals surface area contributed by atoms with Crippen LogP contribution in [-0.4, -0.2) is 59.6 Å². The number of aryl methyl sites for hydroxylation is 1. The molecule has 17 heteroatoms. The van der Waals surface area contributed by atoms with Crippen LogP contribution in [0.5, 0.6) is 0 Å². The highest BCUT2D eigenvalue weighted by molar-refractivity contribution is 5.97. The number of ether oxygens (including phenoxy) is 2. The van der Waals surface area contributed by atoms with Gasteiger partial charge in [-0.2, -0.15) is 26.3 Å². The van der Waals surface area contributed by atoms with E-state index in [4.69, 9.17) is 9.47 Å². The molecular weight excluding hydrogens is 662 g/mol. The van der Waals surface area contributed by atoms with Gasteiger partial charge in [0.05, 0.1) is 37.6 Å². The molecule has 2 unspecified atom stereocenters. The number of fused-ring (bicyclic) bond motifs is 1. The maximum atomic E-state index is 15.1. The molecule has 0 saturated carbocycles. The van der Waals surface area contributed by atoms with Gasteiger partial charge in [-0.15, -0.1) is 0 Å². The summed E-state index contributed by atoms with van der Waals surface area (Å²) >= 11 is 0. The fourth-order valence-electron chi connectivity index (χ4n) is 5.85. The van der Waals surface area contributed by atoms with Crippen molar-refractivity contribution in [3.63, 3.8) is 0 Å². The molecule has 2 aliphatic rings. The molecule has 1 amide bonds. The summed E-state index contributed by atoms with van der Waals surface area (Å²) in [4.78, 5) is 38.9. The molecule has 1 aromatic heterocycles. The van der Waals surface area contributed by atoms with Gasteiger partial charge in [0.25, 0.3) is 11.5 Å². The molecule has 2 aliphatic heterocycles. The van der Waals surface area contributed by atoms with E-state index in [1.165, 1.54) is 26.1 Å². The zero-order chi connectivity index (χ0) is 35.3. The lowest BCUT2D eigenvalue weighted by atomic mass is 9.89. The number of aromatic nitrogens is 1. The van der Waals surface area contributed by atoms with Crippen molar-refractivity contribution in [3.8, 4) is 11.1 Å². The smallest absolute Gasteiger partial charge is 0.417 e. The van der Waals surface area contributed by atoms with Crippen molar-refractivity contribution in [2.24, 2.45) is 7.05 Å². The molecule has 2 N–H and O–H groups in total. The van der Waals surface area contributed by atoms with Crippen LogP contribution in [0, 0.1) is 18.6 Å². The van der Waals surface area contributed by atoms with Crippen molar-refractivity contribution < 1.29 is 59.3 Å². The number of nitrogens with zero attached hydrogens (tertiary/aromatic N) is 2. The van der Waals surface area contributed by atoms with Gasteiger partial charge in [0.1, 0.15) is 29.3 Å². The maximum Gasteiger partial charge on any atom is 0.417 e. The highest BCUT2D eigenvalue weighted by Gasteiger charge is 2.46. The number of carbonyl (C=O) groups is 2. The number of nitrogens with one attached hydrogen (secondary N) is 1. The summed E-state index contributed by atoms with van der Waals surface area (Å²) in [6, 6.07) is 0.369. The summed E-state index contributed by atoms with van der Waals surface area (Å²) < 4.78 is 124. The Kier molecular flexibility index (Phi) is 9.31. The molecule has 2 aromatic carbocycles. The highest BCUT2D eigenvalue weighted by Crippen LogP contribution is 2.40. The van der Waals surface area contributed by atoms with E-state index >= 15 is 8.78 Å². The van der Waals surface area contributed by atoms with Gasteiger partial charge < -0.3 is 29.4 Å². The molecule has 48 heavy (non-hydrogen) atoms. The van der Waals surface area contributed by atoms with E-state index in [1.54, 1.807) is 0 Å². The predicted molar refractivity (Wildman–Crippen MR) is 152 cm³/mol. The molecule has 0 spiro atoms. The van der Waals surface area contributed by atoms with Crippen LogP contribution in [0.2, 0.25) is 0 Å². The Morgan fingerprint density at radius 2 is 1.67 bits per heavy atom. The number of carbonyl (C=O) groups excluding carboxylic acids is 1. The summed E-state index contributed by atoms with van der Waals surface area (Å²) in [5.74, 6) is -6.23. The summed E-state index contributed by atoms with van der Waals surface area (Å²) in [6.45, 7) is -0.319. The highest BCUT2D eigenvalue weighted by atomic mass is 19.4. The van der Waals surface area contributed by atoms with E-state index in [0.29, 0.717) is 17.0 Å². The van der Waals surface area contributed by atoms with Crippen molar-refractivity contribution in [2.75, 3.05) is 24.7 Å². The number of hydrogen-bond acceptors (Lipinski definition) is 6. The number of halogens is 8. The number of aliphatic carboxylic acids is 1. The van der Waals surface area contributed by atoms with E-state index in [1.807, 2.05) is 5.32 Å². The molecular formula is C31H27F8N3O6. The second-order valence-corrected chi connectivity index (χ2v) is 11.3. The average Bonchev–Trinajstić information content (AvgIpc) is 3.49. The largest absolute Gasteiger partial charge is 0.480 e. The van der Waals surface area contributed by atoms with E-state index in [9.17, 15) is 45.8 Å². The summed E-state index contributed by atoms with van der Waals surface area (Å²) in [5, 5.41) is 11.9. The van der Waals surface area contributed by atoms with E-state index in [-0.39, 0.29) is 54.3 Å². The Bertz CT molecular complexity index is 1820. The molecule has 0 aliphatic carbocycles. The van der Waals surface area contributed by atoms with Crippen molar-refractivity contribution >= 4 is 17.6 Å². The van der Waals surface area contributed by atoms with Crippen LogP contribution in [0.4, 0.5) is 40.8 Å². The van der Waals surface area contributed by atoms with Crippen molar-refractivity contribution in [1.29, 1.82) is 0 Å². The Labute approximate surface area is 266 Å². The number of benzene rings is 2. The van der Waals surface area contributed by atoms with Crippen molar-refractivity contribution in [3.05, 3.63) is 85.8 Å². The second kappa shape index (κ2) is 12.8. The number of rotatable bonds is 7. The van der Waals surface area contributed by atoms with E-state index in [2.05, 4.69) is 0 Å². The molecule has 5 rings (SSSR count). The van der Waals surface area contributed by atoms with Gasteiger partial charge in [0.15, 0.2) is 0 Å². The molecule has 2 atom stereocenters. The SMILES string of the molecule is Cc1cc(C(F)(F)F)c(-c2ccc(CC(NC(=O)c3c(F)cc(N4CCOCC4C(F)(F)F)cc3F)C(=O)O)c3c2COC3)c(=O)n1C. The predicted octanol–water partition coefficient (Wildman–Crippen LogP) is 4.88. The van der Waals surface area contributed by atoms with Gasteiger partial charge in [-0.3, -0.25) is 9.59 Å². The second-order valence-electron chi connectivity index (χ2n) is 11.3. The first-order valence-electron chi connectivity index (χ1n) is 14.3. The van der Waals surface area contributed by atoms with E-state index in [0.717, 1.165) is 10.6 Å². The van der Waals surface area contributed by atoms with Crippen LogP contribution in [0.25, 0.3) is 11.1 Å². The molecule has 0 radical (unpaired) electrons. The van der Waals surface area contributed by atoms with Crippen LogP contribution in [-0.2, 0) is 47.1 Å². The van der Waals surface area contributed by atoms with Crippen LogP contribution in [0.3, 0.4) is 0 Å². The molecule has 9 nitrogen and oxygen atoms in total. The number of anilines is 1. The minimum Gasteiger partial charge on any atom is -0.480 e. The Balaban J connectivity index is 1.45. The molecule has 3 aromatic rings. The third-order valence-corrected chi connectivity index (χ3v) is 8.39. The minimum absolute atomic E-state index is 0.0646. The normalized spacial score (nSPS) is 17.3. The first-order valence-corrected chi connectivity index (χ1v) is 14.3. The van der Waals surface area contributed by atoms with Crippen LogP contribution in [0.1, 0.15) is 38.3 Å². The van der Waals surface area contributed by atoms with Crippen molar-refractivity contribution in [1.82, 2.24) is 9.88 Å². The maximum absolute atomic E-state index is 15.1. The van der Waals surface area contributed by atoms with Gasteiger partial charge >= 0.3 is 18.3 Å². The fourth-order valence-corrected chi connectivity index (χ4v) is 5.85. The lowest BCUT2D eigenvalue weighted by Crippen LogP contribution is -2.53.